The van der Waals surface area contributed by atoms with Gasteiger partial charge < -0.3 is 9.50 Å². The normalized spacial score (nSPS) is 11.5. The molecule has 0 saturated heterocycles. The fourth-order valence-corrected chi connectivity index (χ4v) is 2.13. The third-order valence-corrected chi connectivity index (χ3v) is 3.11. The van der Waals surface area contributed by atoms with Crippen LogP contribution in [0.2, 0.25) is 0 Å². The molecule has 0 aliphatic carbocycles. The lowest BCUT2D eigenvalue weighted by Crippen LogP contribution is -2.17. The van der Waals surface area contributed by atoms with E-state index in [-0.39, 0.29) is 5.75 Å². The van der Waals surface area contributed by atoms with Crippen molar-refractivity contribution in [2.75, 3.05) is 18.8 Å². The van der Waals surface area contributed by atoms with Gasteiger partial charge in [0.15, 0.2) is 0 Å². The van der Waals surface area contributed by atoms with Crippen LogP contribution in [0.1, 0.15) is 18.4 Å². The molecule has 0 saturated carbocycles. The lowest BCUT2D eigenvalue weighted by Gasteiger charge is -2.05. The van der Waals surface area contributed by atoms with E-state index < -0.39 is 10.4 Å². The number of aryl methyl sites for hydroxylation is 1. The first-order valence-electron chi connectivity index (χ1n) is 6.08. The van der Waals surface area contributed by atoms with Crippen LogP contribution in [0.3, 0.4) is 0 Å². The minimum atomic E-state index is -4.43. The van der Waals surface area contributed by atoms with E-state index in [4.69, 9.17) is 4.55 Å². The van der Waals surface area contributed by atoms with Crippen LogP contribution in [0, 0.1) is 0 Å². The molecule has 7 heteroatoms. The van der Waals surface area contributed by atoms with Gasteiger partial charge >= 0.3 is 10.4 Å². The maximum atomic E-state index is 10.5. The second kappa shape index (κ2) is 8.42. The van der Waals surface area contributed by atoms with Crippen molar-refractivity contribution in [2.24, 2.45) is 0 Å². The molecule has 0 amide bonds. The number of benzene rings is 1. The SMILES string of the molecule is O=S(=O)(O)Oc1ccc(CCCCNCCS)cc1. The summed E-state index contributed by atoms with van der Waals surface area (Å²) in [5.74, 6) is 0.955. The first-order chi connectivity index (χ1) is 9.01. The summed E-state index contributed by atoms with van der Waals surface area (Å²) in [5, 5.41) is 3.27. The quantitative estimate of drug-likeness (QED) is 0.368. The van der Waals surface area contributed by atoms with E-state index >= 15 is 0 Å². The van der Waals surface area contributed by atoms with Gasteiger partial charge in [0.2, 0.25) is 0 Å². The largest absolute Gasteiger partial charge is 0.446 e. The van der Waals surface area contributed by atoms with Gasteiger partial charge in [0.1, 0.15) is 5.75 Å². The van der Waals surface area contributed by atoms with E-state index in [1.165, 1.54) is 12.1 Å². The number of thiol groups is 1. The minimum absolute atomic E-state index is 0.113. The van der Waals surface area contributed by atoms with E-state index in [2.05, 4.69) is 22.1 Å². The Morgan fingerprint density at radius 3 is 2.42 bits per heavy atom. The molecule has 0 unspecified atom stereocenters. The van der Waals surface area contributed by atoms with Crippen molar-refractivity contribution < 1.29 is 17.2 Å². The monoisotopic (exact) mass is 305 g/mol. The average molecular weight is 305 g/mol. The molecule has 0 aliphatic heterocycles. The first-order valence-corrected chi connectivity index (χ1v) is 8.08. The van der Waals surface area contributed by atoms with Gasteiger partial charge in [0.05, 0.1) is 0 Å². The van der Waals surface area contributed by atoms with E-state index in [1.807, 2.05) is 0 Å². The number of nitrogens with one attached hydrogen (secondary N) is 1. The standard InChI is InChI=1S/C12H19NO4S2/c14-19(15,16)17-12-6-4-11(5-7-12)3-1-2-8-13-9-10-18/h4-7,13,18H,1-3,8-10H2,(H,14,15,16). The number of rotatable bonds is 9. The lowest BCUT2D eigenvalue weighted by atomic mass is 10.1. The van der Waals surface area contributed by atoms with Crippen LogP contribution in [0.5, 0.6) is 5.75 Å². The van der Waals surface area contributed by atoms with Gasteiger partial charge in [-0.25, -0.2) is 0 Å². The van der Waals surface area contributed by atoms with E-state index in [1.54, 1.807) is 12.1 Å². The molecule has 0 aromatic heterocycles. The molecule has 1 aromatic rings. The molecule has 0 spiro atoms. The van der Waals surface area contributed by atoms with Crippen LogP contribution in [0.4, 0.5) is 0 Å². The van der Waals surface area contributed by atoms with Gasteiger partial charge in [-0.3, -0.25) is 4.55 Å². The topological polar surface area (TPSA) is 75.6 Å². The van der Waals surface area contributed by atoms with Crippen molar-refractivity contribution in [2.45, 2.75) is 19.3 Å². The fraction of sp³-hybridized carbons (Fsp3) is 0.500. The summed E-state index contributed by atoms with van der Waals surface area (Å²) in [6.45, 7) is 1.90. The summed E-state index contributed by atoms with van der Waals surface area (Å²) in [7, 11) is -4.43. The number of hydrogen-bond donors (Lipinski definition) is 3. The smallest absolute Gasteiger partial charge is 0.362 e. The van der Waals surface area contributed by atoms with Gasteiger partial charge in [0, 0.05) is 12.3 Å². The van der Waals surface area contributed by atoms with Crippen molar-refractivity contribution in [1.29, 1.82) is 0 Å². The predicted molar refractivity (Wildman–Crippen MR) is 78.3 cm³/mol. The summed E-state index contributed by atoms with van der Waals surface area (Å²) in [5.41, 5.74) is 1.11. The highest BCUT2D eigenvalue weighted by atomic mass is 32.3. The van der Waals surface area contributed by atoms with E-state index in [0.717, 1.165) is 43.7 Å². The Morgan fingerprint density at radius 1 is 1.16 bits per heavy atom. The van der Waals surface area contributed by atoms with Crippen molar-refractivity contribution in [3.8, 4) is 5.75 Å². The maximum absolute atomic E-state index is 10.5. The van der Waals surface area contributed by atoms with Gasteiger partial charge in [0.25, 0.3) is 0 Å². The highest BCUT2D eigenvalue weighted by molar-refractivity contribution is 7.81. The Hall–Kier alpha value is -0.760. The number of unbranched alkanes of at least 4 members (excludes halogenated alkanes) is 1. The van der Waals surface area contributed by atoms with Crippen molar-refractivity contribution in [3.05, 3.63) is 29.8 Å². The van der Waals surface area contributed by atoms with Crippen LogP contribution < -0.4 is 9.50 Å². The summed E-state index contributed by atoms with van der Waals surface area (Å²) >= 11 is 4.11. The summed E-state index contributed by atoms with van der Waals surface area (Å²) in [4.78, 5) is 0. The third kappa shape index (κ3) is 8.10. The molecule has 0 bridgehead atoms. The van der Waals surface area contributed by atoms with Crippen LogP contribution >= 0.6 is 12.6 Å². The van der Waals surface area contributed by atoms with Crippen molar-refractivity contribution in [3.63, 3.8) is 0 Å². The molecule has 1 rings (SSSR count). The molecule has 0 atom stereocenters. The average Bonchev–Trinajstić information content (AvgIpc) is 2.34. The fourth-order valence-electron chi connectivity index (χ4n) is 1.62. The second-order valence-corrected chi connectivity index (χ2v) is 5.56. The third-order valence-electron chi connectivity index (χ3n) is 2.48. The summed E-state index contributed by atoms with van der Waals surface area (Å²) in [6, 6.07) is 6.65. The molecule has 2 N–H and O–H groups in total. The molecular weight excluding hydrogens is 286 g/mol. The summed E-state index contributed by atoms with van der Waals surface area (Å²) < 4.78 is 33.9. The van der Waals surface area contributed by atoms with E-state index in [0.29, 0.717) is 0 Å². The van der Waals surface area contributed by atoms with Gasteiger partial charge in [-0.05, 0) is 43.5 Å². The highest BCUT2D eigenvalue weighted by Gasteiger charge is 2.06. The Morgan fingerprint density at radius 2 is 1.84 bits per heavy atom. The zero-order valence-corrected chi connectivity index (χ0v) is 12.3. The molecule has 5 nitrogen and oxygen atoms in total. The van der Waals surface area contributed by atoms with Crippen LogP contribution in [0.25, 0.3) is 0 Å². The second-order valence-electron chi connectivity index (χ2n) is 4.09. The molecule has 108 valence electrons. The Kier molecular flexibility index (Phi) is 7.22. The van der Waals surface area contributed by atoms with Crippen LogP contribution in [-0.4, -0.2) is 31.8 Å². The molecule has 0 fully saturated rings. The Balaban J connectivity index is 2.28. The van der Waals surface area contributed by atoms with Crippen LogP contribution in [0.15, 0.2) is 24.3 Å². The summed E-state index contributed by atoms with van der Waals surface area (Å²) in [6.07, 6.45) is 3.06. The van der Waals surface area contributed by atoms with Gasteiger partial charge in [-0.15, -0.1) is 0 Å². The van der Waals surface area contributed by atoms with Crippen molar-refractivity contribution >= 4 is 23.0 Å². The van der Waals surface area contributed by atoms with Crippen LogP contribution in [-0.2, 0) is 16.8 Å². The first kappa shape index (κ1) is 16.3. The van der Waals surface area contributed by atoms with Crippen molar-refractivity contribution in [1.82, 2.24) is 5.32 Å². The van der Waals surface area contributed by atoms with E-state index in [9.17, 15) is 8.42 Å². The molecule has 19 heavy (non-hydrogen) atoms. The Bertz CT molecular complexity index is 459. The molecule has 0 radical (unpaired) electrons. The van der Waals surface area contributed by atoms with Gasteiger partial charge in [-0.2, -0.15) is 21.0 Å². The Labute approximate surface area is 119 Å². The molecular formula is C12H19NO4S2. The van der Waals surface area contributed by atoms with Gasteiger partial charge in [-0.1, -0.05) is 12.1 Å². The predicted octanol–water partition coefficient (Wildman–Crippen LogP) is 1.71. The highest BCUT2D eigenvalue weighted by Crippen LogP contribution is 2.15. The maximum Gasteiger partial charge on any atom is 0.446 e. The number of hydrogen-bond acceptors (Lipinski definition) is 5. The molecule has 1 aromatic carbocycles. The molecule has 0 aliphatic rings. The zero-order chi connectivity index (χ0) is 14.1. The lowest BCUT2D eigenvalue weighted by molar-refractivity contribution is 0.387. The zero-order valence-electron chi connectivity index (χ0n) is 10.6. The molecule has 0 heterocycles. The minimum Gasteiger partial charge on any atom is -0.362 e.